The molecule has 0 unspecified atom stereocenters. The number of nitrogens with zero attached hydrogens (tertiary/aromatic N) is 1. The highest BCUT2D eigenvalue weighted by molar-refractivity contribution is 6.06. The maximum atomic E-state index is 12.5. The summed E-state index contributed by atoms with van der Waals surface area (Å²) in [6.45, 7) is 0. The SMILES string of the molecule is CN(C)C(=O)c1cccc(NC(=O)c2ccc(NC(=O)Nc3ccccc3)cc2)c1. The topological polar surface area (TPSA) is 90.5 Å². The molecule has 0 saturated heterocycles. The predicted molar refractivity (Wildman–Crippen MR) is 118 cm³/mol. The minimum absolute atomic E-state index is 0.143. The van der Waals surface area contributed by atoms with E-state index in [9.17, 15) is 14.4 Å². The molecule has 0 fully saturated rings. The number of nitrogens with one attached hydrogen (secondary N) is 3. The number of carbonyl (C=O) groups excluding carboxylic acids is 3. The molecular formula is C23H22N4O3. The third-order valence-corrected chi connectivity index (χ3v) is 4.21. The first-order valence-electron chi connectivity index (χ1n) is 9.28. The number of urea groups is 1. The summed E-state index contributed by atoms with van der Waals surface area (Å²) in [5.41, 5.74) is 2.67. The summed E-state index contributed by atoms with van der Waals surface area (Å²) in [4.78, 5) is 38.1. The van der Waals surface area contributed by atoms with Gasteiger partial charge in [-0.3, -0.25) is 9.59 Å². The van der Waals surface area contributed by atoms with Gasteiger partial charge in [0, 0.05) is 42.3 Å². The van der Waals surface area contributed by atoms with Crippen molar-refractivity contribution in [2.24, 2.45) is 0 Å². The summed E-state index contributed by atoms with van der Waals surface area (Å²) >= 11 is 0. The van der Waals surface area contributed by atoms with Crippen LogP contribution in [0.25, 0.3) is 0 Å². The smallest absolute Gasteiger partial charge is 0.323 e. The van der Waals surface area contributed by atoms with Crippen molar-refractivity contribution >= 4 is 34.9 Å². The molecule has 0 atom stereocenters. The number of rotatable bonds is 5. The zero-order valence-electron chi connectivity index (χ0n) is 16.7. The van der Waals surface area contributed by atoms with E-state index in [1.807, 2.05) is 18.2 Å². The molecule has 0 aliphatic heterocycles. The van der Waals surface area contributed by atoms with E-state index in [4.69, 9.17) is 0 Å². The first-order valence-corrected chi connectivity index (χ1v) is 9.28. The van der Waals surface area contributed by atoms with Gasteiger partial charge in [0.25, 0.3) is 11.8 Å². The summed E-state index contributed by atoms with van der Waals surface area (Å²) in [5.74, 6) is -0.458. The normalized spacial score (nSPS) is 10.1. The average Bonchev–Trinajstić information content (AvgIpc) is 2.74. The van der Waals surface area contributed by atoms with E-state index in [1.165, 1.54) is 4.90 Å². The highest BCUT2D eigenvalue weighted by atomic mass is 16.2. The van der Waals surface area contributed by atoms with Gasteiger partial charge in [-0.25, -0.2) is 4.79 Å². The van der Waals surface area contributed by atoms with Crippen molar-refractivity contribution in [2.75, 3.05) is 30.0 Å². The van der Waals surface area contributed by atoms with Crippen molar-refractivity contribution in [1.29, 1.82) is 0 Å². The van der Waals surface area contributed by atoms with Crippen molar-refractivity contribution in [3.8, 4) is 0 Å². The fourth-order valence-corrected chi connectivity index (χ4v) is 2.71. The van der Waals surface area contributed by atoms with E-state index in [-0.39, 0.29) is 17.8 Å². The molecule has 3 rings (SSSR count). The van der Waals surface area contributed by atoms with E-state index in [0.717, 1.165) is 0 Å². The standard InChI is InChI=1S/C23H22N4O3/c1-27(2)22(29)17-7-6-10-20(15-17)24-21(28)16-11-13-19(14-12-16)26-23(30)25-18-8-4-3-5-9-18/h3-15H,1-2H3,(H,24,28)(H2,25,26,30). The molecule has 4 amide bonds. The van der Waals surface area contributed by atoms with Gasteiger partial charge in [0.1, 0.15) is 0 Å². The molecule has 3 N–H and O–H groups in total. The van der Waals surface area contributed by atoms with Crippen LogP contribution in [0.1, 0.15) is 20.7 Å². The molecule has 7 heteroatoms. The van der Waals surface area contributed by atoms with Crippen LogP contribution in [0.3, 0.4) is 0 Å². The second-order valence-electron chi connectivity index (χ2n) is 6.76. The van der Waals surface area contributed by atoms with Crippen LogP contribution in [-0.2, 0) is 0 Å². The molecular weight excluding hydrogens is 380 g/mol. The molecule has 0 radical (unpaired) electrons. The lowest BCUT2D eigenvalue weighted by Gasteiger charge is -2.12. The van der Waals surface area contributed by atoms with Crippen LogP contribution in [-0.4, -0.2) is 36.8 Å². The summed E-state index contributed by atoms with van der Waals surface area (Å²) in [6.07, 6.45) is 0. The quantitative estimate of drug-likeness (QED) is 0.595. The van der Waals surface area contributed by atoms with Crippen LogP contribution in [0.15, 0.2) is 78.9 Å². The molecule has 0 aromatic heterocycles. The molecule has 0 saturated carbocycles. The van der Waals surface area contributed by atoms with Gasteiger partial charge in [0.2, 0.25) is 0 Å². The Labute approximate surface area is 174 Å². The van der Waals surface area contributed by atoms with Crippen LogP contribution in [0.4, 0.5) is 21.9 Å². The van der Waals surface area contributed by atoms with Gasteiger partial charge in [-0.15, -0.1) is 0 Å². The van der Waals surface area contributed by atoms with E-state index >= 15 is 0 Å². The van der Waals surface area contributed by atoms with Gasteiger partial charge in [0.15, 0.2) is 0 Å². The summed E-state index contributed by atoms with van der Waals surface area (Å²) in [7, 11) is 3.34. The summed E-state index contributed by atoms with van der Waals surface area (Å²) in [6, 6.07) is 22.0. The van der Waals surface area contributed by atoms with Crippen molar-refractivity contribution in [2.45, 2.75) is 0 Å². The van der Waals surface area contributed by atoms with Crippen LogP contribution >= 0.6 is 0 Å². The van der Waals surface area contributed by atoms with Gasteiger partial charge in [-0.2, -0.15) is 0 Å². The Morgan fingerprint density at radius 1 is 0.633 bits per heavy atom. The van der Waals surface area contributed by atoms with Crippen molar-refractivity contribution in [3.05, 3.63) is 90.0 Å². The fourth-order valence-electron chi connectivity index (χ4n) is 2.71. The number of carbonyl (C=O) groups is 3. The molecule has 7 nitrogen and oxygen atoms in total. The molecule has 30 heavy (non-hydrogen) atoms. The minimum atomic E-state index is -0.374. The monoisotopic (exact) mass is 402 g/mol. The maximum Gasteiger partial charge on any atom is 0.323 e. The fraction of sp³-hybridized carbons (Fsp3) is 0.0870. The van der Waals surface area contributed by atoms with Crippen LogP contribution in [0, 0.1) is 0 Å². The maximum absolute atomic E-state index is 12.5. The Morgan fingerprint density at radius 3 is 1.87 bits per heavy atom. The Bertz CT molecular complexity index is 1050. The highest BCUT2D eigenvalue weighted by Gasteiger charge is 2.11. The Kier molecular flexibility index (Phi) is 6.44. The number of hydrogen-bond donors (Lipinski definition) is 3. The van der Waals surface area contributed by atoms with Gasteiger partial charge in [0.05, 0.1) is 0 Å². The minimum Gasteiger partial charge on any atom is -0.345 e. The molecule has 0 aliphatic rings. The first kappa shape index (κ1) is 20.6. The first-order chi connectivity index (χ1) is 14.4. The van der Waals surface area contributed by atoms with Crippen LogP contribution in [0.5, 0.6) is 0 Å². The van der Waals surface area contributed by atoms with E-state index < -0.39 is 0 Å². The zero-order chi connectivity index (χ0) is 21.5. The van der Waals surface area contributed by atoms with Gasteiger partial charge < -0.3 is 20.9 Å². The van der Waals surface area contributed by atoms with Gasteiger partial charge in [-0.1, -0.05) is 24.3 Å². The Morgan fingerprint density at radius 2 is 1.23 bits per heavy atom. The largest absolute Gasteiger partial charge is 0.345 e. The third kappa shape index (κ3) is 5.45. The number of amides is 4. The second-order valence-corrected chi connectivity index (χ2v) is 6.76. The molecule has 152 valence electrons. The lowest BCUT2D eigenvalue weighted by Crippen LogP contribution is -2.22. The number of anilines is 3. The van der Waals surface area contributed by atoms with Crippen LogP contribution in [0.2, 0.25) is 0 Å². The average molecular weight is 402 g/mol. The zero-order valence-corrected chi connectivity index (χ0v) is 16.7. The van der Waals surface area contributed by atoms with Crippen molar-refractivity contribution < 1.29 is 14.4 Å². The van der Waals surface area contributed by atoms with Crippen molar-refractivity contribution in [1.82, 2.24) is 4.90 Å². The third-order valence-electron chi connectivity index (χ3n) is 4.21. The highest BCUT2D eigenvalue weighted by Crippen LogP contribution is 2.15. The molecule has 0 bridgehead atoms. The second kappa shape index (κ2) is 9.38. The summed E-state index contributed by atoms with van der Waals surface area (Å²) < 4.78 is 0. The van der Waals surface area contributed by atoms with E-state index in [2.05, 4.69) is 16.0 Å². The number of benzene rings is 3. The van der Waals surface area contributed by atoms with Crippen molar-refractivity contribution in [3.63, 3.8) is 0 Å². The molecule has 0 aliphatic carbocycles. The molecule has 0 spiro atoms. The van der Waals surface area contributed by atoms with E-state index in [0.29, 0.717) is 28.2 Å². The molecule has 3 aromatic carbocycles. The molecule has 0 heterocycles. The predicted octanol–water partition coefficient (Wildman–Crippen LogP) is 4.28. The lowest BCUT2D eigenvalue weighted by atomic mass is 10.1. The number of hydrogen-bond acceptors (Lipinski definition) is 3. The Hall–Kier alpha value is -4.13. The Balaban J connectivity index is 1.60. The molecule has 3 aromatic rings. The van der Waals surface area contributed by atoms with Crippen LogP contribution < -0.4 is 16.0 Å². The van der Waals surface area contributed by atoms with Gasteiger partial charge >= 0.3 is 6.03 Å². The summed E-state index contributed by atoms with van der Waals surface area (Å²) in [5, 5.41) is 8.21. The van der Waals surface area contributed by atoms with Gasteiger partial charge in [-0.05, 0) is 54.6 Å². The lowest BCUT2D eigenvalue weighted by molar-refractivity contribution is 0.0827. The number of para-hydroxylation sites is 1. The van der Waals surface area contributed by atoms with E-state index in [1.54, 1.807) is 74.8 Å².